The van der Waals surface area contributed by atoms with Gasteiger partial charge in [0.25, 0.3) is 0 Å². The van der Waals surface area contributed by atoms with E-state index in [9.17, 15) is 0 Å². The third-order valence-electron chi connectivity index (χ3n) is 3.44. The van der Waals surface area contributed by atoms with Crippen molar-refractivity contribution in [1.82, 2.24) is 5.32 Å². The van der Waals surface area contributed by atoms with Gasteiger partial charge in [-0.3, -0.25) is 0 Å². The lowest BCUT2D eigenvalue weighted by molar-refractivity contribution is 0.472. The van der Waals surface area contributed by atoms with E-state index in [1.54, 1.807) is 0 Å². The molecule has 0 aliphatic heterocycles. The molecule has 1 aliphatic rings. The molecule has 0 heterocycles. The maximum absolute atomic E-state index is 6.20. The first-order valence-corrected chi connectivity index (χ1v) is 7.35. The minimum absolute atomic E-state index is 0.639. The molecule has 1 aliphatic carbocycles. The number of para-hydroxylation sites is 1. The molecule has 2 aromatic rings. The molecule has 1 fully saturated rings. The van der Waals surface area contributed by atoms with Gasteiger partial charge in [0, 0.05) is 18.2 Å². The van der Waals surface area contributed by atoms with E-state index in [4.69, 9.17) is 16.3 Å². The minimum atomic E-state index is 0.639. The Labute approximate surface area is 124 Å². The number of hydrogen-bond donors (Lipinski definition) is 1. The highest BCUT2D eigenvalue weighted by Crippen LogP contribution is 2.32. The van der Waals surface area contributed by atoms with E-state index in [2.05, 4.69) is 11.4 Å². The molecule has 20 heavy (non-hydrogen) atoms. The number of nitrogens with one attached hydrogen (secondary N) is 1. The van der Waals surface area contributed by atoms with Gasteiger partial charge in [0.15, 0.2) is 0 Å². The van der Waals surface area contributed by atoms with E-state index in [0.29, 0.717) is 16.8 Å². The van der Waals surface area contributed by atoms with Crippen LogP contribution in [0.15, 0.2) is 42.5 Å². The molecular formula is C17H18ClNO. The predicted molar refractivity (Wildman–Crippen MR) is 82.6 cm³/mol. The monoisotopic (exact) mass is 287 g/mol. The molecule has 0 saturated heterocycles. The second-order valence-electron chi connectivity index (χ2n) is 5.30. The van der Waals surface area contributed by atoms with Crippen molar-refractivity contribution in [3.05, 3.63) is 58.6 Å². The van der Waals surface area contributed by atoms with Gasteiger partial charge in [-0.2, -0.15) is 0 Å². The molecule has 0 radical (unpaired) electrons. The number of rotatable bonds is 5. The molecule has 0 aromatic heterocycles. The Bertz CT molecular complexity index is 608. The third-order valence-corrected chi connectivity index (χ3v) is 3.75. The van der Waals surface area contributed by atoms with Gasteiger partial charge in [-0.15, -0.1) is 0 Å². The van der Waals surface area contributed by atoms with Gasteiger partial charge in [0.1, 0.15) is 11.5 Å². The van der Waals surface area contributed by atoms with E-state index >= 15 is 0 Å². The van der Waals surface area contributed by atoms with Crippen molar-refractivity contribution in [3.8, 4) is 11.5 Å². The normalized spacial score (nSPS) is 14.3. The second kappa shape index (κ2) is 5.86. The van der Waals surface area contributed by atoms with Crippen molar-refractivity contribution in [2.24, 2.45) is 0 Å². The summed E-state index contributed by atoms with van der Waals surface area (Å²) in [7, 11) is 0. The number of aryl methyl sites for hydroxylation is 1. The van der Waals surface area contributed by atoms with Crippen LogP contribution >= 0.6 is 11.6 Å². The maximum Gasteiger partial charge on any atom is 0.146 e. The van der Waals surface area contributed by atoms with E-state index in [1.165, 1.54) is 12.8 Å². The maximum atomic E-state index is 6.20. The van der Waals surface area contributed by atoms with E-state index in [-0.39, 0.29) is 0 Å². The van der Waals surface area contributed by atoms with Crippen LogP contribution in [0.1, 0.15) is 24.0 Å². The standard InChI is InChI=1S/C17H18ClNO/c1-12-6-9-15(18)17(10-12)20-16-5-3-2-4-13(16)11-19-14-7-8-14/h2-6,9-10,14,19H,7-8,11H2,1H3. The Balaban J connectivity index is 1.80. The van der Waals surface area contributed by atoms with Gasteiger partial charge in [0.2, 0.25) is 0 Å². The van der Waals surface area contributed by atoms with Gasteiger partial charge >= 0.3 is 0 Å². The first kappa shape index (κ1) is 13.5. The van der Waals surface area contributed by atoms with Crippen molar-refractivity contribution in [2.45, 2.75) is 32.4 Å². The SMILES string of the molecule is Cc1ccc(Cl)c(Oc2ccccc2CNC2CC2)c1. The van der Waals surface area contributed by atoms with Crippen molar-refractivity contribution < 1.29 is 4.74 Å². The first-order chi connectivity index (χ1) is 9.72. The smallest absolute Gasteiger partial charge is 0.146 e. The number of benzene rings is 2. The fourth-order valence-electron chi connectivity index (χ4n) is 2.10. The number of halogens is 1. The van der Waals surface area contributed by atoms with Crippen molar-refractivity contribution >= 4 is 11.6 Å². The van der Waals surface area contributed by atoms with Crippen molar-refractivity contribution in [3.63, 3.8) is 0 Å². The Hall–Kier alpha value is -1.51. The average molecular weight is 288 g/mol. The molecule has 104 valence electrons. The highest BCUT2D eigenvalue weighted by Gasteiger charge is 2.20. The van der Waals surface area contributed by atoms with Crippen LogP contribution in [0.3, 0.4) is 0 Å². The summed E-state index contributed by atoms with van der Waals surface area (Å²) in [6, 6.07) is 14.6. The topological polar surface area (TPSA) is 21.3 Å². The van der Waals surface area contributed by atoms with Gasteiger partial charge in [-0.05, 0) is 43.5 Å². The number of hydrogen-bond acceptors (Lipinski definition) is 2. The van der Waals surface area contributed by atoms with E-state index < -0.39 is 0 Å². The molecular weight excluding hydrogens is 270 g/mol. The molecule has 1 N–H and O–H groups in total. The zero-order valence-corrected chi connectivity index (χ0v) is 12.3. The molecule has 2 aromatic carbocycles. The summed E-state index contributed by atoms with van der Waals surface area (Å²) in [5, 5.41) is 4.15. The highest BCUT2D eigenvalue weighted by atomic mass is 35.5. The molecule has 0 unspecified atom stereocenters. The van der Waals surface area contributed by atoms with Gasteiger partial charge in [-0.25, -0.2) is 0 Å². The van der Waals surface area contributed by atoms with Crippen LogP contribution in [-0.4, -0.2) is 6.04 Å². The Morgan fingerprint density at radius 3 is 2.75 bits per heavy atom. The largest absolute Gasteiger partial charge is 0.455 e. The fourth-order valence-corrected chi connectivity index (χ4v) is 2.25. The Kier molecular flexibility index (Phi) is 3.95. The lowest BCUT2D eigenvalue weighted by Crippen LogP contribution is -2.15. The van der Waals surface area contributed by atoms with Gasteiger partial charge in [0.05, 0.1) is 5.02 Å². The van der Waals surface area contributed by atoms with Crippen molar-refractivity contribution in [1.29, 1.82) is 0 Å². The molecule has 3 heteroatoms. The van der Waals surface area contributed by atoms with Crippen LogP contribution in [0.5, 0.6) is 11.5 Å². The van der Waals surface area contributed by atoms with E-state index in [0.717, 1.165) is 23.4 Å². The highest BCUT2D eigenvalue weighted by molar-refractivity contribution is 6.32. The minimum Gasteiger partial charge on any atom is -0.455 e. The lowest BCUT2D eigenvalue weighted by atomic mass is 10.2. The molecule has 0 amide bonds. The summed E-state index contributed by atoms with van der Waals surface area (Å²) in [6.07, 6.45) is 2.57. The molecule has 2 nitrogen and oxygen atoms in total. The second-order valence-corrected chi connectivity index (χ2v) is 5.71. The quantitative estimate of drug-likeness (QED) is 0.861. The predicted octanol–water partition coefficient (Wildman–Crippen LogP) is 4.69. The molecule has 0 spiro atoms. The average Bonchev–Trinajstić information content (AvgIpc) is 3.26. The zero-order valence-electron chi connectivity index (χ0n) is 11.5. The number of ether oxygens (including phenoxy) is 1. The van der Waals surface area contributed by atoms with Crippen molar-refractivity contribution in [2.75, 3.05) is 0 Å². The molecule has 0 atom stereocenters. The fraction of sp³-hybridized carbons (Fsp3) is 0.294. The van der Waals surface area contributed by atoms with E-state index in [1.807, 2.05) is 43.3 Å². The Morgan fingerprint density at radius 1 is 1.15 bits per heavy atom. The summed E-state index contributed by atoms with van der Waals surface area (Å²) in [5.74, 6) is 1.58. The van der Waals surface area contributed by atoms with Crippen LogP contribution in [0.25, 0.3) is 0 Å². The van der Waals surface area contributed by atoms with Crippen LogP contribution < -0.4 is 10.1 Å². The van der Waals surface area contributed by atoms with Gasteiger partial charge in [-0.1, -0.05) is 35.9 Å². The summed E-state index contributed by atoms with van der Waals surface area (Å²) < 4.78 is 6.00. The lowest BCUT2D eigenvalue weighted by Gasteiger charge is -2.13. The van der Waals surface area contributed by atoms with Crippen LogP contribution in [0.2, 0.25) is 5.02 Å². The summed E-state index contributed by atoms with van der Waals surface area (Å²) in [5.41, 5.74) is 2.30. The van der Waals surface area contributed by atoms with Crippen LogP contribution in [0.4, 0.5) is 0 Å². The third kappa shape index (κ3) is 3.33. The molecule has 3 rings (SSSR count). The molecule has 0 bridgehead atoms. The summed E-state index contributed by atoms with van der Waals surface area (Å²) in [6.45, 7) is 2.87. The van der Waals surface area contributed by atoms with Crippen LogP contribution in [0, 0.1) is 6.92 Å². The summed E-state index contributed by atoms with van der Waals surface area (Å²) in [4.78, 5) is 0. The first-order valence-electron chi connectivity index (χ1n) is 6.97. The Morgan fingerprint density at radius 2 is 1.95 bits per heavy atom. The zero-order chi connectivity index (χ0) is 13.9. The molecule has 1 saturated carbocycles. The van der Waals surface area contributed by atoms with Crippen LogP contribution in [-0.2, 0) is 6.54 Å². The van der Waals surface area contributed by atoms with Gasteiger partial charge < -0.3 is 10.1 Å². The summed E-state index contributed by atoms with van der Waals surface area (Å²) >= 11 is 6.20.